The lowest BCUT2D eigenvalue weighted by molar-refractivity contribution is -0.274. The Labute approximate surface area is 109 Å². The Morgan fingerprint density at radius 2 is 1.89 bits per heavy atom. The quantitative estimate of drug-likeness (QED) is 0.877. The smallest absolute Gasteiger partial charge is 0.405 e. The summed E-state index contributed by atoms with van der Waals surface area (Å²) in [6.07, 6.45) is -4.38. The maximum absolute atomic E-state index is 12.2. The molecule has 19 heavy (non-hydrogen) atoms. The van der Waals surface area contributed by atoms with E-state index < -0.39 is 22.1 Å². The van der Waals surface area contributed by atoms with Crippen molar-refractivity contribution in [3.8, 4) is 5.75 Å². The summed E-state index contributed by atoms with van der Waals surface area (Å²) < 4.78 is 65.4. The molecule has 0 bridgehead atoms. The van der Waals surface area contributed by atoms with Crippen molar-refractivity contribution >= 4 is 10.0 Å². The molecule has 0 aliphatic heterocycles. The van der Waals surface area contributed by atoms with Crippen LogP contribution in [0.3, 0.4) is 0 Å². The van der Waals surface area contributed by atoms with E-state index in [1.165, 1.54) is 18.2 Å². The van der Waals surface area contributed by atoms with Crippen molar-refractivity contribution in [2.24, 2.45) is 0 Å². The predicted molar refractivity (Wildman–Crippen MR) is 64.0 cm³/mol. The Balaban J connectivity index is 2.79. The predicted octanol–water partition coefficient (Wildman–Crippen LogP) is 2.41. The molecule has 8 heteroatoms. The van der Waals surface area contributed by atoms with Gasteiger partial charge >= 0.3 is 6.36 Å². The Morgan fingerprint density at radius 3 is 2.47 bits per heavy atom. The van der Waals surface area contributed by atoms with Crippen LogP contribution in [0.5, 0.6) is 5.75 Å². The summed E-state index contributed by atoms with van der Waals surface area (Å²) >= 11 is 0. The van der Waals surface area contributed by atoms with E-state index >= 15 is 0 Å². The van der Waals surface area contributed by atoms with Gasteiger partial charge in [0.15, 0.2) is 0 Å². The minimum Gasteiger partial charge on any atom is -0.405 e. The van der Waals surface area contributed by atoms with Crippen molar-refractivity contribution in [1.82, 2.24) is 4.72 Å². The zero-order valence-corrected chi connectivity index (χ0v) is 11.0. The number of sulfonamides is 1. The molecule has 0 radical (unpaired) electrons. The highest BCUT2D eigenvalue weighted by Crippen LogP contribution is 2.26. The van der Waals surface area contributed by atoms with E-state index in [0.29, 0.717) is 6.42 Å². The number of rotatable bonds is 6. The highest BCUT2D eigenvalue weighted by molar-refractivity contribution is 7.89. The minimum atomic E-state index is -4.81. The normalized spacial score (nSPS) is 12.4. The summed E-state index contributed by atoms with van der Waals surface area (Å²) in [6.45, 7) is 1.45. The first kappa shape index (κ1) is 15.8. The minimum absolute atomic E-state index is 0.0741. The van der Waals surface area contributed by atoms with Crippen LogP contribution in [0.25, 0.3) is 0 Å². The van der Waals surface area contributed by atoms with E-state index in [2.05, 4.69) is 9.46 Å². The van der Waals surface area contributed by atoms with E-state index in [9.17, 15) is 21.6 Å². The van der Waals surface area contributed by atoms with E-state index in [4.69, 9.17) is 0 Å². The summed E-state index contributed by atoms with van der Waals surface area (Å²) in [4.78, 5) is 0. The first-order valence-electron chi connectivity index (χ1n) is 5.54. The van der Waals surface area contributed by atoms with Gasteiger partial charge in [-0.3, -0.25) is 0 Å². The molecular formula is C11H14F3NO3S. The Morgan fingerprint density at radius 1 is 1.26 bits per heavy atom. The summed E-state index contributed by atoms with van der Waals surface area (Å²) in [6, 6.07) is 5.39. The fraction of sp³-hybridized carbons (Fsp3) is 0.455. The standard InChI is InChI=1S/C11H14F3NO3S/c1-2-7-19(16,17)15-8-9-5-3-4-6-10(9)18-11(12,13)14/h3-6,15H,2,7-8H2,1H3. The first-order valence-corrected chi connectivity index (χ1v) is 7.20. The molecule has 1 aromatic carbocycles. The largest absolute Gasteiger partial charge is 0.573 e. The molecule has 0 aromatic heterocycles. The molecule has 0 unspecified atom stereocenters. The van der Waals surface area contributed by atoms with Gasteiger partial charge in [-0.15, -0.1) is 13.2 Å². The Hall–Kier alpha value is -1.28. The molecule has 0 saturated carbocycles. The average Bonchev–Trinajstić information content (AvgIpc) is 2.26. The van der Waals surface area contributed by atoms with Gasteiger partial charge in [-0.25, -0.2) is 13.1 Å². The average molecular weight is 297 g/mol. The highest BCUT2D eigenvalue weighted by atomic mass is 32.2. The zero-order chi connectivity index (χ0) is 14.5. The number of para-hydroxylation sites is 1. The molecular weight excluding hydrogens is 283 g/mol. The number of benzene rings is 1. The maximum Gasteiger partial charge on any atom is 0.573 e. The molecule has 1 rings (SSSR count). The van der Waals surface area contributed by atoms with E-state index in [1.54, 1.807) is 6.92 Å². The molecule has 0 atom stereocenters. The lowest BCUT2D eigenvalue weighted by Crippen LogP contribution is -2.26. The number of hydrogen-bond donors (Lipinski definition) is 1. The zero-order valence-electron chi connectivity index (χ0n) is 10.2. The van der Waals surface area contributed by atoms with Gasteiger partial charge in [0.2, 0.25) is 10.0 Å². The summed E-state index contributed by atoms with van der Waals surface area (Å²) in [7, 11) is -3.48. The Bertz CT molecular complexity index is 514. The van der Waals surface area contributed by atoms with Crippen molar-refractivity contribution in [3.05, 3.63) is 29.8 Å². The topological polar surface area (TPSA) is 55.4 Å². The van der Waals surface area contributed by atoms with Crippen molar-refractivity contribution in [2.45, 2.75) is 26.3 Å². The van der Waals surface area contributed by atoms with Crippen LogP contribution in [0.1, 0.15) is 18.9 Å². The molecule has 0 amide bonds. The van der Waals surface area contributed by atoms with Gasteiger partial charge in [0, 0.05) is 12.1 Å². The van der Waals surface area contributed by atoms with Gasteiger partial charge < -0.3 is 4.74 Å². The number of hydrogen-bond acceptors (Lipinski definition) is 3. The van der Waals surface area contributed by atoms with Crippen LogP contribution in [-0.4, -0.2) is 20.5 Å². The SMILES string of the molecule is CCCS(=O)(=O)NCc1ccccc1OC(F)(F)F. The van der Waals surface area contributed by atoms with Crippen molar-refractivity contribution in [3.63, 3.8) is 0 Å². The molecule has 0 heterocycles. The van der Waals surface area contributed by atoms with Crippen LogP contribution >= 0.6 is 0 Å². The van der Waals surface area contributed by atoms with Crippen LogP contribution in [0, 0.1) is 0 Å². The van der Waals surface area contributed by atoms with E-state index in [1.807, 2.05) is 0 Å². The fourth-order valence-corrected chi connectivity index (χ4v) is 2.46. The second kappa shape index (κ2) is 6.25. The monoisotopic (exact) mass is 297 g/mol. The molecule has 0 aliphatic carbocycles. The van der Waals surface area contributed by atoms with Crippen LogP contribution in [0.4, 0.5) is 13.2 Å². The van der Waals surface area contributed by atoms with Gasteiger partial charge in [-0.1, -0.05) is 25.1 Å². The second-order valence-electron chi connectivity index (χ2n) is 3.80. The molecule has 1 aromatic rings. The van der Waals surface area contributed by atoms with Crippen molar-refractivity contribution in [1.29, 1.82) is 0 Å². The number of nitrogens with one attached hydrogen (secondary N) is 1. The van der Waals surface area contributed by atoms with Gasteiger partial charge in [0.1, 0.15) is 5.75 Å². The lowest BCUT2D eigenvalue weighted by atomic mass is 10.2. The second-order valence-corrected chi connectivity index (χ2v) is 5.72. The molecule has 0 spiro atoms. The van der Waals surface area contributed by atoms with Crippen LogP contribution in [0.2, 0.25) is 0 Å². The van der Waals surface area contributed by atoms with Crippen molar-refractivity contribution < 1.29 is 26.3 Å². The molecule has 0 fully saturated rings. The third-order valence-corrected chi connectivity index (χ3v) is 3.68. The van der Waals surface area contributed by atoms with Crippen molar-refractivity contribution in [2.75, 3.05) is 5.75 Å². The fourth-order valence-electron chi connectivity index (χ4n) is 1.40. The van der Waals surface area contributed by atoms with E-state index in [0.717, 1.165) is 6.07 Å². The third-order valence-electron chi connectivity index (χ3n) is 2.15. The molecule has 4 nitrogen and oxygen atoms in total. The molecule has 0 saturated heterocycles. The van der Waals surface area contributed by atoms with E-state index in [-0.39, 0.29) is 17.9 Å². The third kappa shape index (κ3) is 5.93. The summed E-state index contributed by atoms with van der Waals surface area (Å²) in [5.74, 6) is -0.482. The molecule has 108 valence electrons. The molecule has 0 aliphatic rings. The highest BCUT2D eigenvalue weighted by Gasteiger charge is 2.32. The van der Waals surface area contributed by atoms with Gasteiger partial charge in [-0.2, -0.15) is 0 Å². The first-order chi connectivity index (χ1) is 8.73. The summed E-state index contributed by atoms with van der Waals surface area (Å²) in [5, 5.41) is 0. The van der Waals surface area contributed by atoms with Gasteiger partial charge in [0.05, 0.1) is 5.75 Å². The van der Waals surface area contributed by atoms with Crippen LogP contribution in [-0.2, 0) is 16.6 Å². The van der Waals surface area contributed by atoms with Gasteiger partial charge in [-0.05, 0) is 12.5 Å². The number of ether oxygens (including phenoxy) is 1. The van der Waals surface area contributed by atoms with Gasteiger partial charge in [0.25, 0.3) is 0 Å². The number of halogens is 3. The Kier molecular flexibility index (Phi) is 5.19. The van der Waals surface area contributed by atoms with Crippen LogP contribution < -0.4 is 9.46 Å². The molecule has 1 N–H and O–H groups in total. The maximum atomic E-state index is 12.2. The summed E-state index contributed by atoms with van der Waals surface area (Å²) in [5.41, 5.74) is 0.125. The number of alkyl halides is 3. The lowest BCUT2D eigenvalue weighted by Gasteiger charge is -2.13. The van der Waals surface area contributed by atoms with Crippen LogP contribution in [0.15, 0.2) is 24.3 Å².